The average Bonchev–Trinajstić information content (AvgIpc) is 2.29. The van der Waals surface area contributed by atoms with Gasteiger partial charge < -0.3 is 10.1 Å². The molecule has 0 aliphatic heterocycles. The highest BCUT2D eigenvalue weighted by Gasteiger charge is 2.05. The first-order chi connectivity index (χ1) is 7.76. The van der Waals surface area contributed by atoms with Crippen molar-refractivity contribution in [2.45, 2.75) is 32.7 Å². The van der Waals surface area contributed by atoms with Gasteiger partial charge in [0.2, 0.25) is 0 Å². The first-order valence-corrected chi connectivity index (χ1v) is 5.88. The van der Waals surface area contributed by atoms with E-state index in [4.69, 9.17) is 4.74 Å². The van der Waals surface area contributed by atoms with E-state index in [1.807, 2.05) is 0 Å². The molecule has 0 heterocycles. The van der Waals surface area contributed by atoms with E-state index < -0.39 is 0 Å². The van der Waals surface area contributed by atoms with Crippen molar-refractivity contribution in [3.05, 3.63) is 30.1 Å². The van der Waals surface area contributed by atoms with Gasteiger partial charge in [0.1, 0.15) is 18.2 Å². The molecule has 0 aromatic heterocycles. The highest BCUT2D eigenvalue weighted by atomic mass is 19.1. The predicted octanol–water partition coefficient (Wildman–Crippen LogP) is 2.98. The molecular formula is C13H20FNO. The fraction of sp³-hybridized carbons (Fsp3) is 0.538. The van der Waals surface area contributed by atoms with Gasteiger partial charge in [0.25, 0.3) is 0 Å². The summed E-state index contributed by atoms with van der Waals surface area (Å²) in [6.07, 6.45) is 2.12. The van der Waals surface area contributed by atoms with E-state index in [0.717, 1.165) is 19.4 Å². The minimum atomic E-state index is -0.257. The first kappa shape index (κ1) is 13.0. The van der Waals surface area contributed by atoms with Crippen molar-refractivity contribution in [1.82, 2.24) is 5.32 Å². The van der Waals surface area contributed by atoms with Crippen LogP contribution in [0, 0.1) is 5.82 Å². The number of hydrogen-bond acceptors (Lipinski definition) is 2. The maximum atomic E-state index is 12.9. The minimum Gasteiger partial charge on any atom is -0.492 e. The summed E-state index contributed by atoms with van der Waals surface area (Å²) in [7, 11) is 0. The van der Waals surface area contributed by atoms with Crippen LogP contribution in [0.3, 0.4) is 0 Å². The topological polar surface area (TPSA) is 21.3 Å². The van der Waals surface area contributed by atoms with Gasteiger partial charge in [-0.3, -0.25) is 0 Å². The Hall–Kier alpha value is -1.09. The lowest BCUT2D eigenvalue weighted by molar-refractivity contribution is 0.259. The molecule has 0 bridgehead atoms. The van der Waals surface area contributed by atoms with Gasteiger partial charge in [-0.15, -0.1) is 0 Å². The van der Waals surface area contributed by atoms with Crippen molar-refractivity contribution in [2.75, 3.05) is 13.2 Å². The number of halogens is 1. The third kappa shape index (κ3) is 4.62. The molecule has 2 nitrogen and oxygen atoms in total. The van der Waals surface area contributed by atoms with Crippen LogP contribution in [0.15, 0.2) is 24.3 Å². The number of hydrogen-bond donors (Lipinski definition) is 1. The maximum Gasteiger partial charge on any atom is 0.126 e. The van der Waals surface area contributed by atoms with E-state index in [2.05, 4.69) is 19.2 Å². The fourth-order valence-corrected chi connectivity index (χ4v) is 1.42. The lowest BCUT2D eigenvalue weighted by Crippen LogP contribution is -2.34. The van der Waals surface area contributed by atoms with E-state index in [1.54, 1.807) is 12.1 Å². The monoisotopic (exact) mass is 225 g/mol. The first-order valence-electron chi connectivity index (χ1n) is 5.88. The summed E-state index contributed by atoms with van der Waals surface area (Å²) in [4.78, 5) is 0. The van der Waals surface area contributed by atoms with Crippen LogP contribution in [0.2, 0.25) is 0 Å². The number of ether oxygens (including phenoxy) is 1. The van der Waals surface area contributed by atoms with Crippen LogP contribution in [0.25, 0.3) is 0 Å². The van der Waals surface area contributed by atoms with Gasteiger partial charge in [-0.25, -0.2) is 4.39 Å². The van der Waals surface area contributed by atoms with Crippen LogP contribution in [0.4, 0.5) is 4.39 Å². The molecule has 1 rings (SSSR count). The largest absolute Gasteiger partial charge is 0.492 e. The molecule has 0 aliphatic carbocycles. The standard InChI is InChI=1S/C13H20FNO/c1-3-8-15-12(4-2)10-16-13-7-5-6-11(14)9-13/h5-7,9,12,15H,3-4,8,10H2,1-2H3. The average molecular weight is 225 g/mol. The van der Waals surface area contributed by atoms with Crippen molar-refractivity contribution in [1.29, 1.82) is 0 Å². The Morgan fingerprint density at radius 1 is 1.38 bits per heavy atom. The Morgan fingerprint density at radius 3 is 2.81 bits per heavy atom. The molecule has 0 saturated carbocycles. The van der Waals surface area contributed by atoms with Crippen molar-refractivity contribution >= 4 is 0 Å². The Balaban J connectivity index is 2.37. The van der Waals surface area contributed by atoms with Crippen molar-refractivity contribution in [3.63, 3.8) is 0 Å². The van der Waals surface area contributed by atoms with Gasteiger partial charge in [-0.1, -0.05) is 19.9 Å². The van der Waals surface area contributed by atoms with Crippen molar-refractivity contribution < 1.29 is 9.13 Å². The molecular weight excluding hydrogens is 205 g/mol. The summed E-state index contributed by atoms with van der Waals surface area (Å²) >= 11 is 0. The van der Waals surface area contributed by atoms with E-state index in [-0.39, 0.29) is 5.82 Å². The second-order valence-electron chi connectivity index (χ2n) is 3.83. The Kier molecular flexibility index (Phi) is 5.86. The van der Waals surface area contributed by atoms with Crippen LogP contribution >= 0.6 is 0 Å². The van der Waals surface area contributed by atoms with Gasteiger partial charge in [0.15, 0.2) is 0 Å². The quantitative estimate of drug-likeness (QED) is 0.770. The number of nitrogens with one attached hydrogen (secondary N) is 1. The Labute approximate surface area is 96.8 Å². The van der Waals surface area contributed by atoms with Crippen LogP contribution in [-0.4, -0.2) is 19.2 Å². The van der Waals surface area contributed by atoms with Gasteiger partial charge in [-0.05, 0) is 31.5 Å². The molecule has 0 fully saturated rings. The smallest absolute Gasteiger partial charge is 0.126 e. The summed E-state index contributed by atoms with van der Waals surface area (Å²) < 4.78 is 18.4. The van der Waals surface area contributed by atoms with Crippen LogP contribution in [-0.2, 0) is 0 Å². The number of benzene rings is 1. The molecule has 0 amide bonds. The summed E-state index contributed by atoms with van der Waals surface area (Å²) in [6.45, 7) is 5.82. The highest BCUT2D eigenvalue weighted by molar-refractivity contribution is 5.22. The van der Waals surface area contributed by atoms with Crippen LogP contribution in [0.1, 0.15) is 26.7 Å². The predicted molar refractivity (Wildman–Crippen MR) is 64.3 cm³/mol. The zero-order valence-electron chi connectivity index (χ0n) is 10.0. The maximum absolute atomic E-state index is 12.9. The van der Waals surface area contributed by atoms with E-state index in [1.165, 1.54) is 12.1 Å². The molecule has 0 radical (unpaired) electrons. The molecule has 0 saturated heterocycles. The molecule has 1 unspecified atom stereocenters. The van der Waals surface area contributed by atoms with Crippen molar-refractivity contribution in [2.24, 2.45) is 0 Å². The van der Waals surface area contributed by atoms with Crippen LogP contribution < -0.4 is 10.1 Å². The van der Waals surface area contributed by atoms with Crippen molar-refractivity contribution in [3.8, 4) is 5.75 Å². The minimum absolute atomic E-state index is 0.257. The lowest BCUT2D eigenvalue weighted by atomic mass is 10.2. The third-order valence-electron chi connectivity index (χ3n) is 2.42. The van der Waals surface area contributed by atoms with Gasteiger partial charge in [-0.2, -0.15) is 0 Å². The van der Waals surface area contributed by atoms with Gasteiger partial charge in [0, 0.05) is 12.1 Å². The fourth-order valence-electron chi connectivity index (χ4n) is 1.42. The molecule has 1 N–H and O–H groups in total. The van der Waals surface area contributed by atoms with Gasteiger partial charge in [0.05, 0.1) is 0 Å². The Bertz CT molecular complexity index is 304. The van der Waals surface area contributed by atoms with Gasteiger partial charge >= 0.3 is 0 Å². The molecule has 1 aromatic carbocycles. The molecule has 3 heteroatoms. The summed E-state index contributed by atoms with van der Waals surface area (Å²) in [5.74, 6) is 0.337. The molecule has 90 valence electrons. The van der Waals surface area contributed by atoms with Crippen LogP contribution in [0.5, 0.6) is 5.75 Å². The number of rotatable bonds is 7. The normalized spacial score (nSPS) is 12.4. The second kappa shape index (κ2) is 7.23. The molecule has 1 atom stereocenters. The van der Waals surface area contributed by atoms with E-state index in [0.29, 0.717) is 18.4 Å². The summed E-state index contributed by atoms with van der Waals surface area (Å²) in [5.41, 5.74) is 0. The molecule has 1 aromatic rings. The Morgan fingerprint density at radius 2 is 2.19 bits per heavy atom. The summed E-state index contributed by atoms with van der Waals surface area (Å²) in [5, 5.41) is 3.39. The highest BCUT2D eigenvalue weighted by Crippen LogP contribution is 2.12. The molecule has 0 spiro atoms. The zero-order chi connectivity index (χ0) is 11.8. The SMILES string of the molecule is CCCNC(CC)COc1cccc(F)c1. The van der Waals surface area contributed by atoms with E-state index >= 15 is 0 Å². The summed E-state index contributed by atoms with van der Waals surface area (Å²) in [6, 6.07) is 6.59. The zero-order valence-corrected chi connectivity index (χ0v) is 10.0. The lowest BCUT2D eigenvalue weighted by Gasteiger charge is -2.17. The van der Waals surface area contributed by atoms with E-state index in [9.17, 15) is 4.39 Å². The second-order valence-corrected chi connectivity index (χ2v) is 3.83. The molecule has 16 heavy (non-hydrogen) atoms. The third-order valence-corrected chi connectivity index (χ3v) is 2.42. The molecule has 0 aliphatic rings.